The second-order valence-corrected chi connectivity index (χ2v) is 5.12. The Kier molecular flexibility index (Phi) is 2.36. The fourth-order valence-corrected chi connectivity index (χ4v) is 2.78. The van der Waals surface area contributed by atoms with Gasteiger partial charge >= 0.3 is 0 Å². The molecular formula is C9H11ClO2S. The predicted octanol–water partition coefficient (Wildman–Crippen LogP) is 2.40. The maximum absolute atomic E-state index is 10.1. The van der Waals surface area contributed by atoms with Gasteiger partial charge in [0.2, 0.25) is 0 Å². The maximum Gasteiger partial charge on any atom is 0.104 e. The molecule has 72 valence electrons. The highest BCUT2D eigenvalue weighted by Gasteiger charge is 2.45. The van der Waals surface area contributed by atoms with Gasteiger partial charge in [0.25, 0.3) is 0 Å². The number of ether oxygens (including phenoxy) is 1. The van der Waals surface area contributed by atoms with Gasteiger partial charge in [0, 0.05) is 24.8 Å². The molecule has 1 saturated carbocycles. The van der Waals surface area contributed by atoms with Gasteiger partial charge < -0.3 is 9.84 Å². The van der Waals surface area contributed by atoms with Crippen molar-refractivity contribution in [2.24, 2.45) is 0 Å². The van der Waals surface area contributed by atoms with Gasteiger partial charge in [-0.05, 0) is 12.1 Å². The van der Waals surface area contributed by atoms with Gasteiger partial charge in [0.15, 0.2) is 0 Å². The highest BCUT2D eigenvalue weighted by atomic mass is 35.5. The second kappa shape index (κ2) is 3.24. The zero-order valence-electron chi connectivity index (χ0n) is 7.29. The molecule has 4 heteroatoms. The van der Waals surface area contributed by atoms with Crippen molar-refractivity contribution in [3.05, 3.63) is 21.3 Å². The summed E-state index contributed by atoms with van der Waals surface area (Å²) in [6.07, 6.45) is 1.56. The molecule has 1 aliphatic carbocycles. The Labute approximate surface area is 86.1 Å². The summed E-state index contributed by atoms with van der Waals surface area (Å²) in [4.78, 5) is 0.950. The van der Waals surface area contributed by atoms with Gasteiger partial charge in [-0.25, -0.2) is 0 Å². The molecule has 1 aromatic rings. The Balaban J connectivity index is 2.10. The molecule has 0 amide bonds. The molecule has 1 N–H and O–H groups in total. The van der Waals surface area contributed by atoms with E-state index in [0.717, 1.165) is 9.21 Å². The van der Waals surface area contributed by atoms with Crippen LogP contribution >= 0.6 is 22.9 Å². The lowest BCUT2D eigenvalue weighted by molar-refractivity contribution is -0.130. The molecule has 1 fully saturated rings. The van der Waals surface area contributed by atoms with Gasteiger partial charge in [-0.15, -0.1) is 11.3 Å². The molecule has 0 bridgehead atoms. The first-order valence-corrected chi connectivity index (χ1v) is 5.34. The van der Waals surface area contributed by atoms with Crippen LogP contribution in [0.5, 0.6) is 0 Å². The van der Waals surface area contributed by atoms with Crippen molar-refractivity contribution in [3.63, 3.8) is 0 Å². The van der Waals surface area contributed by atoms with E-state index < -0.39 is 5.60 Å². The van der Waals surface area contributed by atoms with Crippen LogP contribution in [0.4, 0.5) is 0 Å². The summed E-state index contributed by atoms with van der Waals surface area (Å²) >= 11 is 7.24. The minimum absolute atomic E-state index is 0.200. The molecule has 2 nitrogen and oxygen atoms in total. The first kappa shape index (κ1) is 9.46. The zero-order chi connectivity index (χ0) is 9.47. The van der Waals surface area contributed by atoms with Crippen LogP contribution in [0, 0.1) is 0 Å². The Morgan fingerprint density at radius 2 is 2.31 bits per heavy atom. The van der Waals surface area contributed by atoms with Crippen molar-refractivity contribution >= 4 is 22.9 Å². The lowest BCUT2D eigenvalue weighted by atomic mass is 9.76. The highest BCUT2D eigenvalue weighted by molar-refractivity contribution is 7.16. The van der Waals surface area contributed by atoms with E-state index in [1.807, 2.05) is 12.1 Å². The number of hydrogen-bond donors (Lipinski definition) is 1. The van der Waals surface area contributed by atoms with Crippen LogP contribution < -0.4 is 0 Å². The SMILES string of the molecule is COC1CC(O)(c2ccc(Cl)s2)C1. The van der Waals surface area contributed by atoms with Crippen LogP contribution in [0.1, 0.15) is 17.7 Å². The van der Waals surface area contributed by atoms with Gasteiger partial charge in [0.1, 0.15) is 5.60 Å². The molecular weight excluding hydrogens is 208 g/mol. The van der Waals surface area contributed by atoms with Crippen LogP contribution in [0.25, 0.3) is 0 Å². The molecule has 1 heterocycles. The molecule has 0 saturated heterocycles. The fourth-order valence-electron chi connectivity index (χ4n) is 1.63. The van der Waals surface area contributed by atoms with Crippen molar-refractivity contribution in [2.45, 2.75) is 24.5 Å². The van der Waals surface area contributed by atoms with Crippen LogP contribution in [-0.2, 0) is 10.3 Å². The number of hydrogen-bond acceptors (Lipinski definition) is 3. The quantitative estimate of drug-likeness (QED) is 0.826. The third kappa shape index (κ3) is 1.62. The Morgan fingerprint density at radius 3 is 2.77 bits per heavy atom. The normalized spacial score (nSPS) is 33.0. The molecule has 0 spiro atoms. The Bertz CT molecular complexity index is 304. The number of thiophene rings is 1. The number of aliphatic hydroxyl groups is 1. The van der Waals surface area contributed by atoms with E-state index in [1.165, 1.54) is 11.3 Å². The van der Waals surface area contributed by atoms with Crippen molar-refractivity contribution < 1.29 is 9.84 Å². The molecule has 0 aliphatic heterocycles. The highest BCUT2D eigenvalue weighted by Crippen LogP contribution is 2.45. The van der Waals surface area contributed by atoms with E-state index in [0.29, 0.717) is 12.8 Å². The largest absolute Gasteiger partial charge is 0.384 e. The summed E-state index contributed by atoms with van der Waals surface area (Å²) in [5.74, 6) is 0. The van der Waals surface area contributed by atoms with Crippen molar-refractivity contribution in [1.29, 1.82) is 0 Å². The molecule has 0 unspecified atom stereocenters. The Hall–Kier alpha value is -0.0900. The number of methoxy groups -OCH3 is 1. The van der Waals surface area contributed by atoms with Crippen LogP contribution in [-0.4, -0.2) is 18.3 Å². The summed E-state index contributed by atoms with van der Waals surface area (Å²) in [7, 11) is 1.67. The molecule has 1 aromatic heterocycles. The lowest BCUT2D eigenvalue weighted by Crippen LogP contribution is -2.44. The average molecular weight is 219 g/mol. The van der Waals surface area contributed by atoms with Crippen LogP contribution in [0.15, 0.2) is 12.1 Å². The summed E-state index contributed by atoms with van der Waals surface area (Å²) in [6.45, 7) is 0. The van der Waals surface area contributed by atoms with Crippen LogP contribution in [0.3, 0.4) is 0 Å². The summed E-state index contributed by atoms with van der Waals surface area (Å²) < 4.78 is 5.85. The maximum atomic E-state index is 10.1. The second-order valence-electron chi connectivity index (χ2n) is 3.40. The van der Waals surface area contributed by atoms with Gasteiger partial charge in [-0.2, -0.15) is 0 Å². The minimum atomic E-state index is -0.682. The summed E-state index contributed by atoms with van der Waals surface area (Å²) in [6, 6.07) is 3.71. The van der Waals surface area contributed by atoms with Crippen molar-refractivity contribution in [1.82, 2.24) is 0 Å². The fraction of sp³-hybridized carbons (Fsp3) is 0.556. The molecule has 2 rings (SSSR count). The first-order chi connectivity index (χ1) is 6.14. The molecule has 0 radical (unpaired) electrons. The van der Waals surface area contributed by atoms with E-state index in [9.17, 15) is 5.11 Å². The lowest BCUT2D eigenvalue weighted by Gasteiger charge is -2.41. The van der Waals surface area contributed by atoms with Gasteiger partial charge in [0.05, 0.1) is 10.4 Å². The first-order valence-electron chi connectivity index (χ1n) is 4.15. The molecule has 1 aliphatic rings. The Morgan fingerprint density at radius 1 is 1.62 bits per heavy atom. The monoisotopic (exact) mass is 218 g/mol. The molecule has 13 heavy (non-hydrogen) atoms. The van der Waals surface area contributed by atoms with Crippen LogP contribution in [0.2, 0.25) is 4.34 Å². The zero-order valence-corrected chi connectivity index (χ0v) is 8.86. The third-order valence-corrected chi connectivity index (χ3v) is 3.92. The topological polar surface area (TPSA) is 29.5 Å². The van der Waals surface area contributed by atoms with E-state index in [1.54, 1.807) is 7.11 Å². The van der Waals surface area contributed by atoms with E-state index in [4.69, 9.17) is 16.3 Å². The van der Waals surface area contributed by atoms with Gasteiger partial charge in [-0.1, -0.05) is 11.6 Å². The summed E-state index contributed by atoms with van der Waals surface area (Å²) in [5, 5.41) is 10.1. The third-order valence-electron chi connectivity index (χ3n) is 2.50. The minimum Gasteiger partial charge on any atom is -0.384 e. The standard InChI is InChI=1S/C9H11ClO2S/c1-12-6-4-9(11,5-6)7-2-3-8(10)13-7/h2-3,6,11H,4-5H2,1H3. The van der Waals surface area contributed by atoms with E-state index in [2.05, 4.69) is 0 Å². The number of rotatable bonds is 2. The number of halogens is 1. The van der Waals surface area contributed by atoms with E-state index in [-0.39, 0.29) is 6.10 Å². The predicted molar refractivity (Wildman–Crippen MR) is 53.3 cm³/mol. The van der Waals surface area contributed by atoms with Crippen molar-refractivity contribution in [3.8, 4) is 0 Å². The molecule has 0 aromatic carbocycles. The smallest absolute Gasteiger partial charge is 0.104 e. The van der Waals surface area contributed by atoms with E-state index >= 15 is 0 Å². The average Bonchev–Trinajstić information content (AvgIpc) is 2.46. The van der Waals surface area contributed by atoms with Crippen molar-refractivity contribution in [2.75, 3.05) is 7.11 Å². The van der Waals surface area contributed by atoms with Gasteiger partial charge in [-0.3, -0.25) is 0 Å². The molecule has 0 atom stereocenters. The summed E-state index contributed by atoms with van der Waals surface area (Å²) in [5.41, 5.74) is -0.682.